The van der Waals surface area contributed by atoms with Crippen molar-refractivity contribution in [3.63, 3.8) is 0 Å². The number of pyridine rings is 1. The number of aromatic nitrogens is 1. The molecule has 1 N–H and O–H groups in total. The molecule has 1 aliphatic rings. The Morgan fingerprint density at radius 2 is 1.88 bits per heavy atom. The fourth-order valence-corrected chi connectivity index (χ4v) is 2.51. The lowest BCUT2D eigenvalue weighted by molar-refractivity contribution is 0.921. The third-order valence-electron chi connectivity index (χ3n) is 3.36. The topological polar surface area (TPSA) is 32.9 Å². The van der Waals surface area contributed by atoms with Crippen LogP contribution in [0.5, 0.6) is 0 Å². The van der Waals surface area contributed by atoms with Crippen LogP contribution in [0.3, 0.4) is 0 Å². The highest BCUT2D eigenvalue weighted by atomic mass is 16.1. The first-order valence-electron chi connectivity index (χ1n) is 5.57. The van der Waals surface area contributed by atoms with Crippen LogP contribution >= 0.6 is 0 Å². The number of fused-ring (bicyclic) bond motifs is 3. The van der Waals surface area contributed by atoms with E-state index in [0.717, 1.165) is 24.0 Å². The predicted molar refractivity (Wildman–Crippen MR) is 64.6 cm³/mol. The van der Waals surface area contributed by atoms with Gasteiger partial charge in [0.1, 0.15) is 0 Å². The average molecular weight is 211 g/mol. The van der Waals surface area contributed by atoms with Crippen molar-refractivity contribution in [2.45, 2.75) is 19.8 Å². The molecule has 0 aliphatic heterocycles. The van der Waals surface area contributed by atoms with Crippen molar-refractivity contribution >= 4 is 0 Å². The van der Waals surface area contributed by atoms with E-state index in [0.29, 0.717) is 0 Å². The summed E-state index contributed by atoms with van der Waals surface area (Å²) in [5, 5.41) is 0. The number of nitrogens with one attached hydrogen (secondary N) is 1. The highest BCUT2D eigenvalue weighted by molar-refractivity contribution is 5.75. The van der Waals surface area contributed by atoms with E-state index in [4.69, 9.17) is 0 Å². The molecule has 0 saturated carbocycles. The van der Waals surface area contributed by atoms with E-state index in [1.165, 1.54) is 16.7 Å². The number of benzene rings is 1. The van der Waals surface area contributed by atoms with Crippen LogP contribution in [0, 0.1) is 6.92 Å². The molecule has 1 aliphatic carbocycles. The normalized spacial score (nSPS) is 13.1. The molecule has 0 radical (unpaired) electrons. The zero-order valence-corrected chi connectivity index (χ0v) is 9.21. The monoisotopic (exact) mass is 211 g/mol. The van der Waals surface area contributed by atoms with Crippen molar-refractivity contribution in [1.82, 2.24) is 4.98 Å². The van der Waals surface area contributed by atoms with Gasteiger partial charge in [0, 0.05) is 11.8 Å². The minimum absolute atomic E-state index is 0.0236. The quantitative estimate of drug-likeness (QED) is 0.713. The van der Waals surface area contributed by atoms with Crippen LogP contribution in [0.4, 0.5) is 0 Å². The van der Waals surface area contributed by atoms with E-state index in [-0.39, 0.29) is 5.56 Å². The molecule has 0 bridgehead atoms. The summed E-state index contributed by atoms with van der Waals surface area (Å²) in [5.41, 5.74) is 5.84. The number of aromatic amines is 1. The van der Waals surface area contributed by atoms with Gasteiger partial charge >= 0.3 is 0 Å². The summed E-state index contributed by atoms with van der Waals surface area (Å²) in [7, 11) is 0. The lowest BCUT2D eigenvalue weighted by atomic mass is 9.85. The summed E-state index contributed by atoms with van der Waals surface area (Å²) in [5.74, 6) is 0. The van der Waals surface area contributed by atoms with Crippen molar-refractivity contribution in [3.05, 3.63) is 57.5 Å². The van der Waals surface area contributed by atoms with Gasteiger partial charge in [0.15, 0.2) is 0 Å². The van der Waals surface area contributed by atoms with Crippen LogP contribution in [0.15, 0.2) is 35.3 Å². The number of rotatable bonds is 0. The maximum Gasteiger partial charge on any atom is 0.251 e. The molecule has 1 heterocycles. The molecule has 2 heteroatoms. The van der Waals surface area contributed by atoms with Gasteiger partial charge in [-0.3, -0.25) is 4.79 Å². The van der Waals surface area contributed by atoms with E-state index in [9.17, 15) is 4.79 Å². The number of aryl methyl sites for hydroxylation is 2. The molecule has 2 aromatic rings. The van der Waals surface area contributed by atoms with Gasteiger partial charge in [-0.15, -0.1) is 0 Å². The molecule has 3 rings (SSSR count). The fraction of sp³-hybridized carbons (Fsp3) is 0.214. The first-order valence-corrected chi connectivity index (χ1v) is 5.57. The van der Waals surface area contributed by atoms with Gasteiger partial charge in [-0.05, 0) is 42.0 Å². The van der Waals surface area contributed by atoms with Crippen LogP contribution in [-0.4, -0.2) is 4.98 Å². The molecule has 80 valence electrons. The summed E-state index contributed by atoms with van der Waals surface area (Å²) in [6.07, 6.45) is 3.94. The van der Waals surface area contributed by atoms with Crippen LogP contribution in [0.2, 0.25) is 0 Å². The molecular weight excluding hydrogens is 198 g/mol. The molecule has 16 heavy (non-hydrogen) atoms. The molecule has 1 aromatic carbocycles. The Morgan fingerprint density at radius 1 is 1.12 bits per heavy atom. The number of hydrogen-bond donors (Lipinski definition) is 1. The van der Waals surface area contributed by atoms with Gasteiger partial charge in [0.2, 0.25) is 0 Å². The molecule has 0 atom stereocenters. The molecule has 2 nitrogen and oxygen atoms in total. The fourth-order valence-electron chi connectivity index (χ4n) is 2.51. The van der Waals surface area contributed by atoms with E-state index in [1.807, 2.05) is 19.2 Å². The van der Waals surface area contributed by atoms with Gasteiger partial charge in [-0.2, -0.15) is 0 Å². The van der Waals surface area contributed by atoms with Crippen molar-refractivity contribution in [3.8, 4) is 11.1 Å². The van der Waals surface area contributed by atoms with Gasteiger partial charge in [0.05, 0.1) is 0 Å². The van der Waals surface area contributed by atoms with Crippen LogP contribution in [0.1, 0.15) is 16.7 Å². The summed E-state index contributed by atoms with van der Waals surface area (Å²) < 4.78 is 0. The zero-order valence-electron chi connectivity index (χ0n) is 9.21. The first kappa shape index (κ1) is 9.40. The lowest BCUT2D eigenvalue weighted by Gasteiger charge is -2.20. The molecule has 0 fully saturated rings. The molecule has 0 unspecified atom stereocenters. The van der Waals surface area contributed by atoms with Crippen molar-refractivity contribution in [2.24, 2.45) is 0 Å². The highest BCUT2D eigenvalue weighted by Gasteiger charge is 2.18. The SMILES string of the molecule is Cc1c2c(c[nH]c1=O)CCc1ccccc1-2. The van der Waals surface area contributed by atoms with Gasteiger partial charge < -0.3 is 4.98 Å². The average Bonchev–Trinajstić information content (AvgIpc) is 2.33. The standard InChI is InChI=1S/C14H13NO/c1-9-13-11(8-15-14(9)16)7-6-10-4-2-3-5-12(10)13/h2-5,8H,6-7H2,1H3,(H,15,16). The summed E-state index contributed by atoms with van der Waals surface area (Å²) in [4.78, 5) is 14.4. The second kappa shape index (κ2) is 3.34. The summed E-state index contributed by atoms with van der Waals surface area (Å²) in [6, 6.07) is 8.36. The Hall–Kier alpha value is -1.83. The second-order valence-electron chi connectivity index (χ2n) is 4.30. The largest absolute Gasteiger partial charge is 0.329 e. The van der Waals surface area contributed by atoms with Crippen molar-refractivity contribution in [2.75, 3.05) is 0 Å². The molecule has 0 spiro atoms. The smallest absolute Gasteiger partial charge is 0.251 e. The molecule has 1 aromatic heterocycles. The Balaban J connectivity index is 2.39. The Labute approximate surface area is 94.0 Å². The third-order valence-corrected chi connectivity index (χ3v) is 3.36. The maximum atomic E-state index is 11.6. The van der Waals surface area contributed by atoms with Crippen molar-refractivity contribution in [1.29, 1.82) is 0 Å². The van der Waals surface area contributed by atoms with Crippen molar-refractivity contribution < 1.29 is 0 Å². The summed E-state index contributed by atoms with van der Waals surface area (Å²) >= 11 is 0. The van der Waals surface area contributed by atoms with Gasteiger partial charge in [0.25, 0.3) is 5.56 Å². The minimum Gasteiger partial charge on any atom is -0.329 e. The maximum absolute atomic E-state index is 11.6. The lowest BCUT2D eigenvalue weighted by Crippen LogP contribution is -2.15. The van der Waals surface area contributed by atoms with Crippen LogP contribution in [0.25, 0.3) is 11.1 Å². The number of H-pyrrole nitrogens is 1. The zero-order chi connectivity index (χ0) is 11.1. The first-order chi connectivity index (χ1) is 7.77. The van der Waals surface area contributed by atoms with Gasteiger partial charge in [-0.1, -0.05) is 24.3 Å². The Bertz CT molecular complexity index is 610. The highest BCUT2D eigenvalue weighted by Crippen LogP contribution is 2.33. The van der Waals surface area contributed by atoms with E-state index >= 15 is 0 Å². The van der Waals surface area contributed by atoms with E-state index in [1.54, 1.807) is 0 Å². The number of hydrogen-bond acceptors (Lipinski definition) is 1. The molecule has 0 saturated heterocycles. The third kappa shape index (κ3) is 1.23. The Kier molecular flexibility index (Phi) is 1.96. The van der Waals surface area contributed by atoms with Gasteiger partial charge in [-0.25, -0.2) is 0 Å². The summed E-state index contributed by atoms with van der Waals surface area (Å²) in [6.45, 7) is 1.90. The second-order valence-corrected chi connectivity index (χ2v) is 4.30. The predicted octanol–water partition coefficient (Wildman–Crippen LogP) is 2.45. The van der Waals surface area contributed by atoms with E-state index in [2.05, 4.69) is 23.2 Å². The van der Waals surface area contributed by atoms with Crippen LogP contribution < -0.4 is 5.56 Å². The van der Waals surface area contributed by atoms with Crippen LogP contribution in [-0.2, 0) is 12.8 Å². The minimum atomic E-state index is 0.0236. The Morgan fingerprint density at radius 3 is 2.75 bits per heavy atom. The van der Waals surface area contributed by atoms with E-state index < -0.39 is 0 Å². The molecule has 0 amide bonds. The molecular formula is C14H13NO.